The molecule has 3 N–H and O–H groups in total. The molecule has 0 aliphatic rings. The third kappa shape index (κ3) is 2.45. The molecule has 0 aromatic heterocycles. The minimum Gasteiger partial charge on any atom is -0.508 e. The summed E-state index contributed by atoms with van der Waals surface area (Å²) in [6.45, 7) is 0.428. The molecule has 0 bridgehead atoms. The second-order valence-corrected chi connectivity index (χ2v) is 3.48. The van der Waals surface area contributed by atoms with Crippen molar-refractivity contribution in [2.45, 2.75) is 6.61 Å². The largest absolute Gasteiger partial charge is 0.508 e. The average molecular weight is 215 g/mol. The Morgan fingerprint density at radius 3 is 2.38 bits per heavy atom. The number of ether oxygens (including phenoxy) is 1. The van der Waals surface area contributed by atoms with Crippen molar-refractivity contribution in [3.8, 4) is 11.5 Å². The van der Waals surface area contributed by atoms with Crippen molar-refractivity contribution in [2.24, 2.45) is 0 Å². The first-order chi connectivity index (χ1) is 7.75. The van der Waals surface area contributed by atoms with Crippen LogP contribution in [0.15, 0.2) is 48.5 Å². The van der Waals surface area contributed by atoms with Gasteiger partial charge in [0.1, 0.15) is 18.1 Å². The van der Waals surface area contributed by atoms with Gasteiger partial charge >= 0.3 is 0 Å². The number of para-hydroxylation sites is 1. The molecule has 0 heterocycles. The van der Waals surface area contributed by atoms with Crippen molar-refractivity contribution in [1.29, 1.82) is 0 Å². The molecule has 16 heavy (non-hydrogen) atoms. The molecule has 82 valence electrons. The minimum absolute atomic E-state index is 0.228. The van der Waals surface area contributed by atoms with E-state index in [1.54, 1.807) is 24.3 Å². The van der Waals surface area contributed by atoms with E-state index in [9.17, 15) is 0 Å². The highest BCUT2D eigenvalue weighted by Crippen LogP contribution is 2.18. The Morgan fingerprint density at radius 1 is 1.00 bits per heavy atom. The maximum absolute atomic E-state index is 9.11. The summed E-state index contributed by atoms with van der Waals surface area (Å²) in [5.74, 6) is 0.938. The van der Waals surface area contributed by atoms with Gasteiger partial charge in [0.25, 0.3) is 0 Å². The molecule has 3 nitrogen and oxygen atoms in total. The normalized spacial score (nSPS) is 10.0. The number of hydrogen-bond acceptors (Lipinski definition) is 3. The number of rotatable bonds is 3. The van der Waals surface area contributed by atoms with E-state index >= 15 is 0 Å². The molecule has 0 spiro atoms. The first-order valence-corrected chi connectivity index (χ1v) is 5.01. The van der Waals surface area contributed by atoms with Crippen LogP contribution >= 0.6 is 0 Å². The second kappa shape index (κ2) is 4.57. The van der Waals surface area contributed by atoms with Crippen molar-refractivity contribution < 1.29 is 9.84 Å². The molecule has 0 aliphatic heterocycles. The summed E-state index contributed by atoms with van der Waals surface area (Å²) >= 11 is 0. The standard InChI is InChI=1S/C13H13NO2/c14-13-4-2-1-3-10(13)9-16-12-7-5-11(15)6-8-12/h1-8,15H,9,14H2. The number of aromatic hydroxyl groups is 1. The maximum Gasteiger partial charge on any atom is 0.120 e. The second-order valence-electron chi connectivity index (χ2n) is 3.48. The van der Waals surface area contributed by atoms with Crippen molar-refractivity contribution in [2.75, 3.05) is 5.73 Å². The van der Waals surface area contributed by atoms with Crippen molar-refractivity contribution >= 4 is 5.69 Å². The van der Waals surface area contributed by atoms with E-state index in [1.807, 2.05) is 24.3 Å². The van der Waals surface area contributed by atoms with Crippen LogP contribution < -0.4 is 10.5 Å². The van der Waals surface area contributed by atoms with Gasteiger partial charge in [0, 0.05) is 11.3 Å². The third-order valence-corrected chi connectivity index (χ3v) is 2.29. The monoisotopic (exact) mass is 215 g/mol. The molecule has 2 aromatic carbocycles. The first-order valence-electron chi connectivity index (χ1n) is 5.01. The quantitative estimate of drug-likeness (QED) is 0.773. The Bertz CT molecular complexity index is 466. The fourth-order valence-corrected chi connectivity index (χ4v) is 1.37. The summed E-state index contributed by atoms with van der Waals surface area (Å²) in [4.78, 5) is 0. The molecule has 0 saturated heterocycles. The van der Waals surface area contributed by atoms with E-state index in [4.69, 9.17) is 15.6 Å². The van der Waals surface area contributed by atoms with Crippen LogP contribution in [0.3, 0.4) is 0 Å². The Morgan fingerprint density at radius 2 is 1.69 bits per heavy atom. The lowest BCUT2D eigenvalue weighted by atomic mass is 10.2. The lowest BCUT2D eigenvalue weighted by Crippen LogP contribution is -1.99. The van der Waals surface area contributed by atoms with Crippen LogP contribution in [-0.4, -0.2) is 5.11 Å². The molecule has 0 atom stereocenters. The number of hydrogen-bond donors (Lipinski definition) is 2. The number of benzene rings is 2. The highest BCUT2D eigenvalue weighted by Gasteiger charge is 1.99. The van der Waals surface area contributed by atoms with E-state index in [1.165, 1.54) is 0 Å². The number of phenolic OH excluding ortho intramolecular Hbond substituents is 1. The Hall–Kier alpha value is -2.16. The molecular formula is C13H13NO2. The summed E-state index contributed by atoms with van der Waals surface area (Å²) in [7, 11) is 0. The Balaban J connectivity index is 2.02. The molecule has 0 aliphatic carbocycles. The number of anilines is 1. The van der Waals surface area contributed by atoms with E-state index in [-0.39, 0.29) is 5.75 Å². The number of nitrogens with two attached hydrogens (primary N) is 1. The van der Waals surface area contributed by atoms with Gasteiger partial charge in [-0.2, -0.15) is 0 Å². The van der Waals surface area contributed by atoms with E-state index in [2.05, 4.69) is 0 Å². The Kier molecular flexibility index (Phi) is 2.96. The van der Waals surface area contributed by atoms with Crippen LogP contribution in [0.2, 0.25) is 0 Å². The third-order valence-electron chi connectivity index (χ3n) is 2.29. The smallest absolute Gasteiger partial charge is 0.120 e. The minimum atomic E-state index is 0.228. The van der Waals surface area contributed by atoms with Gasteiger partial charge in [-0.3, -0.25) is 0 Å². The summed E-state index contributed by atoms with van der Waals surface area (Å²) in [5, 5.41) is 9.11. The van der Waals surface area contributed by atoms with Crippen LogP contribution in [0.25, 0.3) is 0 Å². The number of phenols is 1. The Labute approximate surface area is 94.1 Å². The van der Waals surface area contributed by atoms with Gasteiger partial charge in [0.05, 0.1) is 0 Å². The van der Waals surface area contributed by atoms with Gasteiger partial charge in [-0.1, -0.05) is 18.2 Å². The maximum atomic E-state index is 9.11. The summed E-state index contributed by atoms with van der Waals surface area (Å²) in [5.41, 5.74) is 7.47. The van der Waals surface area contributed by atoms with Gasteiger partial charge < -0.3 is 15.6 Å². The molecule has 2 aromatic rings. The van der Waals surface area contributed by atoms with Crippen LogP contribution in [0.4, 0.5) is 5.69 Å². The van der Waals surface area contributed by atoms with Crippen LogP contribution in [0.5, 0.6) is 11.5 Å². The zero-order valence-electron chi connectivity index (χ0n) is 8.76. The zero-order valence-corrected chi connectivity index (χ0v) is 8.76. The SMILES string of the molecule is Nc1ccccc1COc1ccc(O)cc1. The van der Waals surface area contributed by atoms with Gasteiger partial charge in [0.15, 0.2) is 0 Å². The van der Waals surface area contributed by atoms with Crippen LogP contribution in [-0.2, 0) is 6.61 Å². The molecule has 0 saturated carbocycles. The van der Waals surface area contributed by atoms with Gasteiger partial charge in [-0.05, 0) is 30.3 Å². The average Bonchev–Trinajstić information content (AvgIpc) is 2.30. The first kappa shape index (κ1) is 10.4. The predicted molar refractivity (Wildman–Crippen MR) is 63.3 cm³/mol. The van der Waals surface area contributed by atoms with Crippen molar-refractivity contribution in [3.05, 3.63) is 54.1 Å². The molecule has 0 fully saturated rings. The molecular weight excluding hydrogens is 202 g/mol. The highest BCUT2D eigenvalue weighted by atomic mass is 16.5. The molecule has 3 heteroatoms. The van der Waals surface area contributed by atoms with Crippen LogP contribution in [0, 0.1) is 0 Å². The van der Waals surface area contributed by atoms with Gasteiger partial charge in [0.2, 0.25) is 0 Å². The highest BCUT2D eigenvalue weighted by molar-refractivity contribution is 5.46. The fraction of sp³-hybridized carbons (Fsp3) is 0.0769. The lowest BCUT2D eigenvalue weighted by molar-refractivity contribution is 0.306. The molecule has 0 radical (unpaired) electrons. The van der Waals surface area contributed by atoms with E-state index in [0.29, 0.717) is 12.4 Å². The van der Waals surface area contributed by atoms with E-state index < -0.39 is 0 Å². The van der Waals surface area contributed by atoms with Gasteiger partial charge in [-0.25, -0.2) is 0 Å². The summed E-state index contributed by atoms with van der Waals surface area (Å²) in [6.07, 6.45) is 0. The van der Waals surface area contributed by atoms with Crippen LogP contribution in [0.1, 0.15) is 5.56 Å². The predicted octanol–water partition coefficient (Wildman–Crippen LogP) is 2.55. The van der Waals surface area contributed by atoms with Gasteiger partial charge in [-0.15, -0.1) is 0 Å². The van der Waals surface area contributed by atoms with Crippen molar-refractivity contribution in [1.82, 2.24) is 0 Å². The summed E-state index contributed by atoms with van der Waals surface area (Å²) in [6, 6.07) is 14.2. The zero-order chi connectivity index (χ0) is 11.4. The molecule has 0 amide bonds. The summed E-state index contributed by atoms with van der Waals surface area (Å²) < 4.78 is 5.54. The molecule has 0 unspecified atom stereocenters. The topological polar surface area (TPSA) is 55.5 Å². The molecule has 2 rings (SSSR count). The number of nitrogen functional groups attached to an aromatic ring is 1. The fourth-order valence-electron chi connectivity index (χ4n) is 1.37. The van der Waals surface area contributed by atoms with E-state index in [0.717, 1.165) is 11.3 Å². The van der Waals surface area contributed by atoms with Crippen molar-refractivity contribution in [3.63, 3.8) is 0 Å². The lowest BCUT2D eigenvalue weighted by Gasteiger charge is -2.08.